The van der Waals surface area contributed by atoms with E-state index in [1.807, 2.05) is 12.3 Å². The Morgan fingerprint density at radius 3 is 2.45 bits per heavy atom. The van der Waals surface area contributed by atoms with Crippen molar-refractivity contribution in [3.8, 4) is 0 Å². The van der Waals surface area contributed by atoms with Gasteiger partial charge in [0.2, 0.25) is 0 Å². The zero-order chi connectivity index (χ0) is 19.8. The Balaban J connectivity index is 0.00000136. The molecule has 3 aromatic rings. The molecule has 0 saturated carbocycles. The number of benzene rings is 1. The van der Waals surface area contributed by atoms with Gasteiger partial charge >= 0.3 is 0 Å². The number of halogens is 2. The third-order valence-corrected chi connectivity index (χ3v) is 6.40. The van der Waals surface area contributed by atoms with Crippen LogP contribution < -0.4 is 10.5 Å². The maximum Gasteiger partial charge on any atom is 0.251 e. The van der Waals surface area contributed by atoms with Crippen molar-refractivity contribution < 1.29 is 0 Å². The van der Waals surface area contributed by atoms with Gasteiger partial charge in [-0.2, -0.15) is 0 Å². The summed E-state index contributed by atoms with van der Waals surface area (Å²) >= 11 is 0. The van der Waals surface area contributed by atoms with Gasteiger partial charge < -0.3 is 9.88 Å². The Bertz CT molecular complexity index is 1110. The van der Waals surface area contributed by atoms with Crippen molar-refractivity contribution in [2.75, 3.05) is 31.1 Å². The summed E-state index contributed by atoms with van der Waals surface area (Å²) in [7, 11) is 0. The van der Waals surface area contributed by atoms with Gasteiger partial charge in [0.1, 0.15) is 5.82 Å². The molecular weight excluding hydrogens is 431 g/mol. The highest BCUT2D eigenvalue weighted by molar-refractivity contribution is 5.86. The molecule has 1 saturated heterocycles. The smallest absolute Gasteiger partial charge is 0.251 e. The minimum absolute atomic E-state index is 0. The topological polar surface area (TPSA) is 52.2 Å². The molecule has 31 heavy (non-hydrogen) atoms. The third-order valence-electron chi connectivity index (χ3n) is 6.40. The molecule has 5 nitrogen and oxygen atoms in total. The predicted molar refractivity (Wildman–Crippen MR) is 132 cm³/mol. The number of aryl methyl sites for hydroxylation is 2. The van der Waals surface area contributed by atoms with E-state index in [0.717, 1.165) is 68.9 Å². The second kappa shape index (κ2) is 10.0. The summed E-state index contributed by atoms with van der Waals surface area (Å²) in [6.07, 6.45) is 6.16. The first-order valence-electron chi connectivity index (χ1n) is 10.7. The van der Waals surface area contributed by atoms with Crippen LogP contribution in [0.25, 0.3) is 10.9 Å². The first-order valence-corrected chi connectivity index (χ1v) is 10.7. The van der Waals surface area contributed by atoms with Crippen LogP contribution >= 0.6 is 24.8 Å². The summed E-state index contributed by atoms with van der Waals surface area (Å²) in [5.41, 5.74) is 5.98. The molecule has 0 atom stereocenters. The molecule has 0 spiro atoms. The number of pyridine rings is 2. The van der Waals surface area contributed by atoms with Crippen LogP contribution in [0.15, 0.2) is 41.3 Å². The number of anilines is 1. The van der Waals surface area contributed by atoms with Crippen molar-refractivity contribution in [3.63, 3.8) is 0 Å². The monoisotopic (exact) mass is 460 g/mol. The fourth-order valence-electron chi connectivity index (χ4n) is 4.79. The van der Waals surface area contributed by atoms with Crippen LogP contribution in [0.3, 0.4) is 0 Å². The summed E-state index contributed by atoms with van der Waals surface area (Å²) in [6, 6.07) is 10.8. The molecule has 0 radical (unpaired) electrons. The average molecular weight is 461 g/mol. The molecule has 0 bridgehead atoms. The molecule has 5 rings (SSSR count). The molecule has 0 unspecified atom stereocenters. The summed E-state index contributed by atoms with van der Waals surface area (Å²) < 4.78 is 0. The Morgan fingerprint density at radius 1 is 0.968 bits per heavy atom. The number of piperazine rings is 1. The largest absolute Gasteiger partial charge is 0.354 e. The molecule has 166 valence electrons. The highest BCUT2D eigenvalue weighted by Gasteiger charge is 2.20. The average Bonchev–Trinajstić information content (AvgIpc) is 2.75. The number of fused-ring (bicyclic) bond motifs is 3. The molecule has 0 amide bonds. The number of aromatic amines is 1. The zero-order valence-corrected chi connectivity index (χ0v) is 19.5. The molecule has 1 N–H and O–H groups in total. The van der Waals surface area contributed by atoms with Crippen molar-refractivity contribution in [2.24, 2.45) is 0 Å². The van der Waals surface area contributed by atoms with Gasteiger partial charge in [0, 0.05) is 55.4 Å². The van der Waals surface area contributed by atoms with Gasteiger partial charge in [0.25, 0.3) is 5.56 Å². The number of hydrogen-bond donors (Lipinski definition) is 1. The summed E-state index contributed by atoms with van der Waals surface area (Å²) in [5.74, 6) is 1.09. The van der Waals surface area contributed by atoms with Crippen molar-refractivity contribution in [2.45, 2.75) is 39.2 Å². The van der Waals surface area contributed by atoms with Crippen molar-refractivity contribution in [3.05, 3.63) is 69.1 Å². The maximum absolute atomic E-state index is 12.4. The van der Waals surface area contributed by atoms with Gasteiger partial charge in [-0.3, -0.25) is 9.69 Å². The Morgan fingerprint density at radius 2 is 1.71 bits per heavy atom. The van der Waals surface area contributed by atoms with E-state index in [-0.39, 0.29) is 30.4 Å². The number of H-pyrrole nitrogens is 1. The van der Waals surface area contributed by atoms with Crippen LogP contribution in [0.5, 0.6) is 0 Å². The van der Waals surface area contributed by atoms with Gasteiger partial charge in [-0.1, -0.05) is 6.07 Å². The number of nitrogens with one attached hydrogen (secondary N) is 1. The Kier molecular flexibility index (Phi) is 7.63. The molecule has 2 aliphatic rings. The maximum atomic E-state index is 12.4. The van der Waals surface area contributed by atoms with Crippen LogP contribution in [-0.4, -0.2) is 41.0 Å². The van der Waals surface area contributed by atoms with Crippen LogP contribution in [0, 0.1) is 6.92 Å². The van der Waals surface area contributed by atoms with Crippen LogP contribution in [0.2, 0.25) is 0 Å². The van der Waals surface area contributed by atoms with Crippen molar-refractivity contribution in [1.82, 2.24) is 14.9 Å². The lowest BCUT2D eigenvalue weighted by atomic mass is 9.89. The standard InChI is InChI=1S/C24H28N4O.2ClH/c1-17-8-9-25-23(14-17)28-12-10-27(11-13-28)16-18-6-7-22-21(15-18)19-4-2-3-5-20(19)24(29)26-22;;/h6-9,14-15H,2-5,10-13,16H2,1H3,(H,26,29);2*1H. The first-order chi connectivity index (χ1) is 14.2. The Labute approximate surface area is 195 Å². The van der Waals surface area contributed by atoms with E-state index < -0.39 is 0 Å². The van der Waals surface area contributed by atoms with E-state index >= 15 is 0 Å². The van der Waals surface area contributed by atoms with Crippen molar-refractivity contribution in [1.29, 1.82) is 0 Å². The van der Waals surface area contributed by atoms with Gasteiger partial charge in [-0.25, -0.2) is 4.98 Å². The fraction of sp³-hybridized carbons (Fsp3) is 0.417. The Hall–Kier alpha value is -2.08. The normalized spacial score (nSPS) is 16.4. The van der Waals surface area contributed by atoms with Crippen LogP contribution in [0.4, 0.5) is 5.82 Å². The minimum atomic E-state index is 0. The third kappa shape index (κ3) is 4.89. The zero-order valence-electron chi connectivity index (χ0n) is 17.9. The van der Waals surface area contributed by atoms with E-state index in [9.17, 15) is 4.79 Å². The van der Waals surface area contributed by atoms with Gasteiger partial charge in [-0.15, -0.1) is 24.8 Å². The number of hydrogen-bond acceptors (Lipinski definition) is 4. The number of nitrogens with zero attached hydrogens (tertiary/aromatic N) is 3. The fourth-order valence-corrected chi connectivity index (χ4v) is 4.79. The summed E-state index contributed by atoms with van der Waals surface area (Å²) in [5, 5.41) is 1.25. The number of aromatic nitrogens is 2. The van der Waals surface area contributed by atoms with Crippen LogP contribution in [-0.2, 0) is 19.4 Å². The van der Waals surface area contributed by atoms with Crippen LogP contribution in [0.1, 0.15) is 35.1 Å². The second-order valence-electron chi connectivity index (χ2n) is 8.45. The van der Waals surface area contributed by atoms with E-state index in [1.54, 1.807) is 0 Å². The van der Waals surface area contributed by atoms with E-state index in [4.69, 9.17) is 0 Å². The molecule has 3 heterocycles. The first kappa shape index (κ1) is 23.6. The van der Waals surface area contributed by atoms with E-state index in [0.29, 0.717) is 0 Å². The molecule has 2 aromatic heterocycles. The van der Waals surface area contributed by atoms with Gasteiger partial charge in [0.15, 0.2) is 0 Å². The molecular formula is C24H30Cl2N4O. The SMILES string of the molecule is Cc1ccnc(N2CCN(Cc3ccc4[nH]c(=O)c5c(c4c3)CCCC5)CC2)c1.Cl.Cl. The lowest BCUT2D eigenvalue weighted by Crippen LogP contribution is -2.46. The minimum Gasteiger partial charge on any atom is -0.354 e. The molecule has 1 aromatic carbocycles. The summed E-state index contributed by atoms with van der Waals surface area (Å²) in [6.45, 7) is 7.17. The quantitative estimate of drug-likeness (QED) is 0.633. The predicted octanol–water partition coefficient (Wildman–Crippen LogP) is 4.28. The second-order valence-corrected chi connectivity index (χ2v) is 8.45. The lowest BCUT2D eigenvalue weighted by molar-refractivity contribution is 0.249. The molecule has 1 aliphatic carbocycles. The van der Waals surface area contributed by atoms with Crippen molar-refractivity contribution >= 4 is 41.5 Å². The van der Waals surface area contributed by atoms with Gasteiger partial charge in [0.05, 0.1) is 0 Å². The lowest BCUT2D eigenvalue weighted by Gasteiger charge is -2.35. The molecule has 1 fully saturated rings. The van der Waals surface area contributed by atoms with Gasteiger partial charge in [-0.05, 0) is 73.6 Å². The molecule has 1 aliphatic heterocycles. The molecule has 7 heteroatoms. The van der Waals surface area contributed by atoms with E-state index in [2.05, 4.69) is 51.0 Å². The highest BCUT2D eigenvalue weighted by Crippen LogP contribution is 2.27. The van der Waals surface area contributed by atoms with E-state index in [1.165, 1.54) is 28.5 Å². The highest BCUT2D eigenvalue weighted by atomic mass is 35.5. The summed E-state index contributed by atoms with van der Waals surface area (Å²) in [4.78, 5) is 24.9. The number of rotatable bonds is 3.